The molecule has 0 saturated heterocycles. The van der Waals surface area contributed by atoms with Crippen LogP contribution in [0.5, 0.6) is 0 Å². The molecule has 0 saturated carbocycles. The first-order valence-corrected chi connectivity index (χ1v) is 8.10. The number of methoxy groups -OCH3 is 1. The molecule has 1 amide bonds. The topological polar surface area (TPSA) is 79.2 Å². The molecule has 1 aromatic heterocycles. The number of ether oxygens (including phenoxy) is 1. The third-order valence-electron chi connectivity index (χ3n) is 3.55. The number of nitrogens with one attached hydrogen (secondary N) is 1. The predicted octanol–water partition coefficient (Wildman–Crippen LogP) is 2.68. The second kappa shape index (κ2) is 7.86. The van der Waals surface area contributed by atoms with Crippen molar-refractivity contribution in [2.24, 2.45) is 5.92 Å². The van der Waals surface area contributed by atoms with Gasteiger partial charge in [0.15, 0.2) is 11.7 Å². The number of aryl methyl sites for hydroxylation is 1. The lowest BCUT2D eigenvalue weighted by Gasteiger charge is -2.09. The molecule has 5 nitrogen and oxygen atoms in total. The largest absolute Gasteiger partial charge is 0.385 e. The zero-order chi connectivity index (χ0) is 16.8. The number of carbonyl (C=O) groups excluding carboxylic acids is 2. The van der Waals surface area contributed by atoms with E-state index >= 15 is 0 Å². The van der Waals surface area contributed by atoms with Crippen LogP contribution in [0.25, 0.3) is 10.1 Å². The van der Waals surface area contributed by atoms with Crippen molar-refractivity contribution in [2.75, 3.05) is 20.3 Å². The summed E-state index contributed by atoms with van der Waals surface area (Å²) in [7, 11) is 1.58. The van der Waals surface area contributed by atoms with Gasteiger partial charge in [-0.1, -0.05) is 18.2 Å². The molecule has 0 aliphatic heterocycles. The summed E-state index contributed by atoms with van der Waals surface area (Å²) in [4.78, 5) is 25.2. The molecule has 0 fully saturated rings. The maximum atomic E-state index is 12.6. The molecule has 0 bridgehead atoms. The smallest absolute Gasteiger partial charge is 0.245 e. The molecule has 0 spiro atoms. The molecule has 2 rings (SSSR count). The Morgan fingerprint density at radius 2 is 2.13 bits per heavy atom. The fourth-order valence-electron chi connectivity index (χ4n) is 2.31. The quantitative estimate of drug-likeness (QED) is 0.481. The highest BCUT2D eigenvalue weighted by molar-refractivity contribution is 7.21. The molecule has 1 aromatic carbocycles. The molecule has 0 radical (unpaired) electrons. The average molecular weight is 330 g/mol. The Kier molecular flexibility index (Phi) is 5.85. The fourth-order valence-corrected chi connectivity index (χ4v) is 3.49. The summed E-state index contributed by atoms with van der Waals surface area (Å²) in [5.41, 5.74) is 0.822. The summed E-state index contributed by atoms with van der Waals surface area (Å²) in [6.45, 7) is 2.74. The maximum absolute atomic E-state index is 12.6. The predicted molar refractivity (Wildman–Crippen MR) is 89.5 cm³/mol. The van der Waals surface area contributed by atoms with Crippen LogP contribution in [0, 0.1) is 24.2 Å². The highest BCUT2D eigenvalue weighted by Gasteiger charge is 2.30. The van der Waals surface area contributed by atoms with Gasteiger partial charge in [0.25, 0.3) is 0 Å². The molecule has 23 heavy (non-hydrogen) atoms. The van der Waals surface area contributed by atoms with Gasteiger partial charge in [0, 0.05) is 25.0 Å². The standard InChI is InChI=1S/C17H18N2O3S/c1-11-12-6-3-4-7-14(12)23-16(11)15(20)13(10-18)17(21)19-8-5-9-22-2/h3-4,6-7,13H,5,8-9H2,1-2H3,(H,19,21)/t13-/m0/s1. The van der Waals surface area contributed by atoms with Crippen LogP contribution in [-0.2, 0) is 9.53 Å². The number of fused-ring (bicyclic) bond motifs is 1. The summed E-state index contributed by atoms with van der Waals surface area (Å²) in [5, 5.41) is 12.8. The van der Waals surface area contributed by atoms with Gasteiger partial charge in [-0.2, -0.15) is 5.26 Å². The minimum absolute atomic E-state index is 0.379. The minimum Gasteiger partial charge on any atom is -0.385 e. The van der Waals surface area contributed by atoms with Crippen molar-refractivity contribution in [1.29, 1.82) is 5.26 Å². The van der Waals surface area contributed by atoms with Crippen LogP contribution in [-0.4, -0.2) is 32.0 Å². The van der Waals surface area contributed by atoms with Gasteiger partial charge in [-0.3, -0.25) is 9.59 Å². The number of nitriles is 1. The van der Waals surface area contributed by atoms with E-state index in [-0.39, 0.29) is 0 Å². The van der Waals surface area contributed by atoms with Crippen LogP contribution < -0.4 is 5.32 Å². The fraction of sp³-hybridized carbons (Fsp3) is 0.353. The van der Waals surface area contributed by atoms with Crippen molar-refractivity contribution in [1.82, 2.24) is 5.32 Å². The lowest BCUT2D eigenvalue weighted by atomic mass is 10.0. The SMILES string of the molecule is COCCCNC(=O)[C@@H](C#N)C(=O)c1sc2ccccc2c1C. The Hall–Kier alpha value is -2.23. The molecular weight excluding hydrogens is 312 g/mol. The molecule has 6 heteroatoms. The number of hydrogen-bond donors (Lipinski definition) is 1. The third kappa shape index (κ3) is 3.76. The minimum atomic E-state index is -1.32. The van der Waals surface area contributed by atoms with Crippen LogP contribution in [0.2, 0.25) is 0 Å². The summed E-state index contributed by atoms with van der Waals surface area (Å²) in [6, 6.07) is 9.49. The monoisotopic (exact) mass is 330 g/mol. The number of nitrogens with zero attached hydrogens (tertiary/aromatic N) is 1. The molecule has 0 unspecified atom stereocenters. The van der Waals surface area contributed by atoms with E-state index in [1.807, 2.05) is 37.3 Å². The number of hydrogen-bond acceptors (Lipinski definition) is 5. The van der Waals surface area contributed by atoms with Crippen molar-refractivity contribution in [2.45, 2.75) is 13.3 Å². The van der Waals surface area contributed by atoms with E-state index in [1.54, 1.807) is 7.11 Å². The van der Waals surface area contributed by atoms with Gasteiger partial charge < -0.3 is 10.1 Å². The first kappa shape index (κ1) is 17.1. The molecule has 1 heterocycles. The summed E-state index contributed by atoms with van der Waals surface area (Å²) in [5.74, 6) is -2.30. The van der Waals surface area contributed by atoms with Crippen LogP contribution in [0.15, 0.2) is 24.3 Å². The molecular formula is C17H18N2O3S. The lowest BCUT2D eigenvalue weighted by molar-refractivity contribution is -0.122. The molecule has 2 aromatic rings. The van der Waals surface area contributed by atoms with Crippen molar-refractivity contribution in [3.8, 4) is 6.07 Å². The van der Waals surface area contributed by atoms with E-state index in [1.165, 1.54) is 11.3 Å². The van der Waals surface area contributed by atoms with Gasteiger partial charge in [-0.25, -0.2) is 0 Å². The second-order valence-corrected chi connectivity index (χ2v) is 6.17. The zero-order valence-corrected chi connectivity index (χ0v) is 13.9. The van der Waals surface area contributed by atoms with Crippen molar-refractivity contribution >= 4 is 33.1 Å². The van der Waals surface area contributed by atoms with Gasteiger partial charge in [0.1, 0.15) is 0 Å². The molecule has 1 N–H and O–H groups in total. The molecule has 1 atom stereocenters. The number of amides is 1. The first-order chi connectivity index (χ1) is 11.1. The zero-order valence-electron chi connectivity index (χ0n) is 13.1. The molecule has 0 aliphatic carbocycles. The number of rotatable bonds is 7. The molecule has 120 valence electrons. The number of carbonyl (C=O) groups is 2. The highest BCUT2D eigenvalue weighted by atomic mass is 32.1. The van der Waals surface area contributed by atoms with Gasteiger partial charge in [-0.15, -0.1) is 11.3 Å². The number of thiophene rings is 1. The maximum Gasteiger partial charge on any atom is 0.245 e. The first-order valence-electron chi connectivity index (χ1n) is 7.28. The van der Waals surface area contributed by atoms with Crippen LogP contribution in [0.3, 0.4) is 0 Å². The highest BCUT2D eigenvalue weighted by Crippen LogP contribution is 2.32. The van der Waals surface area contributed by atoms with Crippen molar-refractivity contribution in [3.63, 3.8) is 0 Å². The average Bonchev–Trinajstić information content (AvgIpc) is 2.89. The van der Waals surface area contributed by atoms with Gasteiger partial charge in [0.05, 0.1) is 10.9 Å². The second-order valence-electron chi connectivity index (χ2n) is 5.12. The van der Waals surface area contributed by atoms with Crippen LogP contribution in [0.1, 0.15) is 21.7 Å². The van der Waals surface area contributed by atoms with Crippen LogP contribution >= 0.6 is 11.3 Å². The van der Waals surface area contributed by atoms with E-state index in [4.69, 9.17) is 4.74 Å². The van der Waals surface area contributed by atoms with Crippen molar-refractivity contribution in [3.05, 3.63) is 34.7 Å². The van der Waals surface area contributed by atoms with E-state index in [9.17, 15) is 14.9 Å². The lowest BCUT2D eigenvalue weighted by Crippen LogP contribution is -2.35. The Bertz CT molecular complexity index is 761. The Morgan fingerprint density at radius 1 is 1.39 bits per heavy atom. The van der Waals surface area contributed by atoms with Gasteiger partial charge in [-0.05, 0) is 30.4 Å². The van der Waals surface area contributed by atoms with E-state index in [2.05, 4.69) is 5.32 Å². The van der Waals surface area contributed by atoms with E-state index in [0.717, 1.165) is 15.6 Å². The number of ketones is 1. The Morgan fingerprint density at radius 3 is 2.78 bits per heavy atom. The van der Waals surface area contributed by atoms with E-state index < -0.39 is 17.6 Å². The molecule has 0 aliphatic rings. The summed E-state index contributed by atoms with van der Waals surface area (Å²) in [6.07, 6.45) is 0.635. The summed E-state index contributed by atoms with van der Waals surface area (Å²) >= 11 is 1.32. The number of benzene rings is 1. The van der Waals surface area contributed by atoms with Crippen molar-refractivity contribution < 1.29 is 14.3 Å². The van der Waals surface area contributed by atoms with E-state index in [0.29, 0.717) is 24.4 Å². The normalized spacial score (nSPS) is 11.9. The van der Waals surface area contributed by atoms with Crippen LogP contribution in [0.4, 0.5) is 0 Å². The number of Topliss-reactive ketones (excluding diaryl/α,β-unsaturated/α-hetero) is 1. The Balaban J connectivity index is 2.17. The van der Waals surface area contributed by atoms with Gasteiger partial charge in [0.2, 0.25) is 5.91 Å². The van der Waals surface area contributed by atoms with Gasteiger partial charge >= 0.3 is 0 Å². The Labute approximate surface area is 138 Å². The summed E-state index contributed by atoms with van der Waals surface area (Å²) < 4.78 is 5.87. The third-order valence-corrected chi connectivity index (χ3v) is 4.83.